The SMILES string of the molecule is O=C(NCc1cc(F)cc(C(F)(F)F)c1)[C@@]1(C2CC2)CCC(N2CC[C@@H](c3ccc(F)cc3)[C@H](CO)C2)CO1. The summed E-state index contributed by atoms with van der Waals surface area (Å²) in [7, 11) is 0. The summed E-state index contributed by atoms with van der Waals surface area (Å²) in [6, 6.07) is 8.78. The number of nitrogens with zero attached hydrogens (tertiary/aromatic N) is 1. The van der Waals surface area contributed by atoms with E-state index in [1.54, 1.807) is 12.1 Å². The number of carbonyl (C=O) groups excluding carboxylic acids is 1. The second-order valence-electron chi connectivity index (χ2n) is 11.1. The summed E-state index contributed by atoms with van der Waals surface area (Å²) < 4.78 is 72.6. The molecule has 0 spiro atoms. The number of hydrogen-bond donors (Lipinski definition) is 2. The molecule has 1 saturated carbocycles. The number of rotatable bonds is 7. The molecule has 3 fully saturated rings. The minimum atomic E-state index is -4.68. The number of nitrogens with one attached hydrogen (secondary N) is 1. The highest BCUT2D eigenvalue weighted by Crippen LogP contribution is 2.47. The standard InChI is InChI=1S/C29H33F5N2O3/c30-23-5-1-19(2-6-23)26-8-10-36(15-20(26)16-37)25-7-9-28(39-17-25,21-3-4-21)27(38)35-14-18-11-22(29(32,33)34)13-24(31)12-18/h1-2,5-6,11-13,20-21,25-26,37H,3-4,7-10,14-17H2,(H,35,38)/t20-,25?,26-,28-/m0/s1. The second kappa shape index (κ2) is 11.1. The van der Waals surface area contributed by atoms with Crippen LogP contribution < -0.4 is 5.32 Å². The average Bonchev–Trinajstić information content (AvgIpc) is 3.77. The number of aliphatic hydroxyl groups is 1. The van der Waals surface area contributed by atoms with E-state index in [0.717, 1.165) is 43.5 Å². The lowest BCUT2D eigenvalue weighted by atomic mass is 9.79. The van der Waals surface area contributed by atoms with Crippen LogP contribution in [-0.2, 0) is 22.3 Å². The minimum absolute atomic E-state index is 0.00418. The Morgan fingerprint density at radius 1 is 1.05 bits per heavy atom. The molecule has 5 rings (SSSR count). The molecule has 2 aliphatic heterocycles. The van der Waals surface area contributed by atoms with E-state index in [0.29, 0.717) is 32.1 Å². The third-order valence-corrected chi connectivity index (χ3v) is 8.56. The lowest BCUT2D eigenvalue weighted by molar-refractivity contribution is -0.166. The topological polar surface area (TPSA) is 61.8 Å². The molecule has 2 aromatic carbocycles. The number of likely N-dealkylation sites (tertiary alicyclic amines) is 1. The molecule has 212 valence electrons. The van der Waals surface area contributed by atoms with Crippen molar-refractivity contribution in [3.8, 4) is 0 Å². The quantitative estimate of drug-likeness (QED) is 0.474. The maximum atomic E-state index is 13.8. The molecule has 5 nitrogen and oxygen atoms in total. The highest BCUT2D eigenvalue weighted by molar-refractivity contribution is 5.86. The molecule has 0 bridgehead atoms. The lowest BCUT2D eigenvalue weighted by Gasteiger charge is -2.46. The van der Waals surface area contributed by atoms with E-state index < -0.39 is 23.2 Å². The molecule has 3 aliphatic rings. The van der Waals surface area contributed by atoms with Gasteiger partial charge in [0.1, 0.15) is 17.2 Å². The van der Waals surface area contributed by atoms with Crippen LogP contribution in [0.4, 0.5) is 22.0 Å². The zero-order chi connectivity index (χ0) is 27.8. The van der Waals surface area contributed by atoms with E-state index in [9.17, 15) is 31.9 Å². The Bertz CT molecular complexity index is 1160. The molecule has 1 amide bonds. The van der Waals surface area contributed by atoms with Crippen LogP contribution in [-0.4, -0.2) is 53.9 Å². The van der Waals surface area contributed by atoms with Crippen LogP contribution in [0.2, 0.25) is 0 Å². The molecule has 1 unspecified atom stereocenters. The molecule has 1 aliphatic carbocycles. The first kappa shape index (κ1) is 28.0. The van der Waals surface area contributed by atoms with Gasteiger partial charge in [-0.15, -0.1) is 0 Å². The summed E-state index contributed by atoms with van der Waals surface area (Å²) in [5.74, 6) is -1.49. The molecule has 39 heavy (non-hydrogen) atoms. The predicted octanol–water partition coefficient (Wildman–Crippen LogP) is 5.03. The van der Waals surface area contributed by atoms with Gasteiger partial charge < -0.3 is 15.2 Å². The normalized spacial score (nSPS) is 28.3. The molecule has 2 N–H and O–H groups in total. The van der Waals surface area contributed by atoms with Crippen molar-refractivity contribution in [2.24, 2.45) is 11.8 Å². The fourth-order valence-electron chi connectivity index (χ4n) is 6.28. The monoisotopic (exact) mass is 552 g/mol. The van der Waals surface area contributed by atoms with E-state index in [1.807, 2.05) is 0 Å². The highest BCUT2D eigenvalue weighted by atomic mass is 19.4. The minimum Gasteiger partial charge on any atom is -0.396 e. The number of benzene rings is 2. The third-order valence-electron chi connectivity index (χ3n) is 8.56. The van der Waals surface area contributed by atoms with Crippen molar-refractivity contribution in [1.82, 2.24) is 10.2 Å². The van der Waals surface area contributed by atoms with E-state index in [-0.39, 0.29) is 54.2 Å². The number of ether oxygens (including phenoxy) is 1. The van der Waals surface area contributed by atoms with Crippen LogP contribution in [0.5, 0.6) is 0 Å². The van der Waals surface area contributed by atoms with Crippen molar-refractivity contribution >= 4 is 5.91 Å². The third kappa shape index (κ3) is 6.12. The number of aliphatic hydroxyl groups excluding tert-OH is 1. The molecule has 2 heterocycles. The summed E-state index contributed by atoms with van der Waals surface area (Å²) in [6.07, 6.45) is -0.999. The van der Waals surface area contributed by atoms with Crippen molar-refractivity contribution in [1.29, 1.82) is 0 Å². The van der Waals surface area contributed by atoms with Crippen LogP contribution in [0, 0.1) is 23.5 Å². The van der Waals surface area contributed by atoms with Crippen molar-refractivity contribution in [3.63, 3.8) is 0 Å². The summed E-state index contributed by atoms with van der Waals surface area (Å²) >= 11 is 0. The second-order valence-corrected chi connectivity index (χ2v) is 11.1. The van der Waals surface area contributed by atoms with Crippen LogP contribution in [0.1, 0.15) is 54.7 Å². The summed E-state index contributed by atoms with van der Waals surface area (Å²) in [5, 5.41) is 12.8. The van der Waals surface area contributed by atoms with E-state index in [4.69, 9.17) is 4.74 Å². The van der Waals surface area contributed by atoms with E-state index in [1.165, 1.54) is 12.1 Å². The Hall–Kier alpha value is -2.56. The number of piperidine rings is 1. The van der Waals surface area contributed by atoms with Gasteiger partial charge in [-0.25, -0.2) is 8.78 Å². The van der Waals surface area contributed by atoms with Gasteiger partial charge in [0.05, 0.1) is 12.2 Å². The molecule has 10 heteroatoms. The predicted molar refractivity (Wildman–Crippen MR) is 134 cm³/mol. The van der Waals surface area contributed by atoms with Gasteiger partial charge in [0.2, 0.25) is 0 Å². The smallest absolute Gasteiger partial charge is 0.396 e. The van der Waals surface area contributed by atoms with Crippen molar-refractivity contribution in [3.05, 3.63) is 70.8 Å². The Morgan fingerprint density at radius 2 is 1.79 bits per heavy atom. The number of alkyl halides is 3. The molecule has 2 aromatic rings. The Morgan fingerprint density at radius 3 is 2.41 bits per heavy atom. The molecule has 2 saturated heterocycles. The van der Waals surface area contributed by atoms with Crippen LogP contribution in [0.25, 0.3) is 0 Å². The van der Waals surface area contributed by atoms with Crippen LogP contribution >= 0.6 is 0 Å². The fraction of sp³-hybridized carbons (Fsp3) is 0.552. The first-order valence-corrected chi connectivity index (χ1v) is 13.5. The van der Waals surface area contributed by atoms with Gasteiger partial charge in [-0.2, -0.15) is 13.2 Å². The first-order chi connectivity index (χ1) is 18.6. The molecular formula is C29H33F5N2O3. The Balaban J connectivity index is 1.20. The number of amides is 1. The van der Waals surface area contributed by atoms with Gasteiger partial charge in [-0.05, 0) is 91.9 Å². The largest absolute Gasteiger partial charge is 0.416 e. The summed E-state index contributed by atoms with van der Waals surface area (Å²) in [6.45, 7) is 1.57. The number of hydrogen-bond acceptors (Lipinski definition) is 4. The fourth-order valence-corrected chi connectivity index (χ4v) is 6.28. The van der Waals surface area contributed by atoms with Gasteiger partial charge in [-0.1, -0.05) is 12.1 Å². The molecular weight excluding hydrogens is 519 g/mol. The van der Waals surface area contributed by atoms with Gasteiger partial charge in [0.15, 0.2) is 0 Å². The van der Waals surface area contributed by atoms with Crippen molar-refractivity contribution in [2.75, 3.05) is 26.3 Å². The van der Waals surface area contributed by atoms with Crippen LogP contribution in [0.3, 0.4) is 0 Å². The summed E-state index contributed by atoms with van der Waals surface area (Å²) in [5.41, 5.74) is -1.08. The van der Waals surface area contributed by atoms with Gasteiger partial charge in [-0.3, -0.25) is 9.69 Å². The average molecular weight is 553 g/mol. The zero-order valence-electron chi connectivity index (χ0n) is 21.5. The van der Waals surface area contributed by atoms with Gasteiger partial charge in [0, 0.05) is 31.7 Å². The zero-order valence-corrected chi connectivity index (χ0v) is 21.5. The number of halogens is 5. The Kier molecular flexibility index (Phi) is 7.99. The molecule has 0 radical (unpaired) electrons. The maximum absolute atomic E-state index is 13.8. The van der Waals surface area contributed by atoms with E-state index >= 15 is 0 Å². The number of carbonyl (C=O) groups is 1. The Labute approximate surface area is 224 Å². The highest BCUT2D eigenvalue weighted by Gasteiger charge is 2.54. The van der Waals surface area contributed by atoms with E-state index in [2.05, 4.69) is 10.2 Å². The summed E-state index contributed by atoms with van der Waals surface area (Å²) in [4.78, 5) is 15.6. The first-order valence-electron chi connectivity index (χ1n) is 13.5. The maximum Gasteiger partial charge on any atom is 0.416 e. The van der Waals surface area contributed by atoms with Crippen molar-refractivity contribution < 1.29 is 36.6 Å². The van der Waals surface area contributed by atoms with Crippen molar-refractivity contribution in [2.45, 2.75) is 62.4 Å². The molecule has 4 atom stereocenters. The molecule has 0 aromatic heterocycles. The van der Waals surface area contributed by atoms with Gasteiger partial charge in [0.25, 0.3) is 5.91 Å². The van der Waals surface area contributed by atoms with Gasteiger partial charge >= 0.3 is 6.18 Å². The lowest BCUT2D eigenvalue weighted by Crippen LogP contribution is -2.58. The van der Waals surface area contributed by atoms with Crippen LogP contribution in [0.15, 0.2) is 42.5 Å².